The monoisotopic (exact) mass is 202 g/mol. The number of rotatable bonds is 6. The molecule has 0 bridgehead atoms. The van der Waals surface area contributed by atoms with Crippen LogP contribution in [0, 0.1) is 0 Å². The van der Waals surface area contributed by atoms with Crippen LogP contribution in [0.1, 0.15) is 21.2 Å². The second kappa shape index (κ2) is 8.26. The maximum absolute atomic E-state index is 10.8. The molecule has 0 fully saturated rings. The SMILES string of the molecule is C=CCS(=O)(=O)OCCCC.[H-].[Na+]. The van der Waals surface area contributed by atoms with Crippen LogP contribution in [0.3, 0.4) is 0 Å². The van der Waals surface area contributed by atoms with Gasteiger partial charge in [0.15, 0.2) is 0 Å². The number of hydrogen-bond acceptors (Lipinski definition) is 3. The second-order valence-electron chi connectivity index (χ2n) is 2.19. The predicted octanol–water partition coefficient (Wildman–Crippen LogP) is -1.56. The zero-order valence-electron chi connectivity index (χ0n) is 8.75. The Morgan fingerprint density at radius 2 is 2.17 bits per heavy atom. The zero-order chi connectivity index (χ0) is 8.74. The summed E-state index contributed by atoms with van der Waals surface area (Å²) in [5.41, 5.74) is 0. The van der Waals surface area contributed by atoms with Crippen molar-refractivity contribution in [3.63, 3.8) is 0 Å². The van der Waals surface area contributed by atoms with Gasteiger partial charge in [-0.15, -0.1) is 6.58 Å². The summed E-state index contributed by atoms with van der Waals surface area (Å²) in [7, 11) is -3.32. The van der Waals surface area contributed by atoms with Crippen LogP contribution in [-0.2, 0) is 14.3 Å². The van der Waals surface area contributed by atoms with Gasteiger partial charge in [-0.1, -0.05) is 19.4 Å². The Bertz CT molecular complexity index is 204. The molecule has 0 radical (unpaired) electrons. The smallest absolute Gasteiger partial charge is 1.00 e. The van der Waals surface area contributed by atoms with E-state index in [0.29, 0.717) is 0 Å². The van der Waals surface area contributed by atoms with Gasteiger partial charge < -0.3 is 1.43 Å². The molecular weight excluding hydrogens is 187 g/mol. The third-order valence-electron chi connectivity index (χ3n) is 1.08. The van der Waals surface area contributed by atoms with E-state index in [1.165, 1.54) is 6.08 Å². The molecule has 0 saturated carbocycles. The van der Waals surface area contributed by atoms with Crippen molar-refractivity contribution >= 4 is 10.1 Å². The zero-order valence-corrected chi connectivity index (χ0v) is 10.6. The molecule has 0 amide bonds. The molecule has 0 aromatic heterocycles. The molecule has 0 N–H and O–H groups in total. The average molecular weight is 202 g/mol. The molecule has 0 heterocycles. The average Bonchev–Trinajstić information content (AvgIpc) is 1.87. The van der Waals surface area contributed by atoms with Gasteiger partial charge in [0.1, 0.15) is 0 Å². The standard InChI is InChI=1S/C7H14O3S.Na.H/c1-3-5-6-10-11(8,9)7-4-2;;/h4H,2-3,5-7H2,1H3;;/q;+1;-1. The summed E-state index contributed by atoms with van der Waals surface area (Å²) in [6.07, 6.45) is 3.03. The Morgan fingerprint density at radius 1 is 1.58 bits per heavy atom. The van der Waals surface area contributed by atoms with Crippen molar-refractivity contribution in [1.82, 2.24) is 0 Å². The molecule has 0 rings (SSSR count). The maximum atomic E-state index is 10.8. The van der Waals surface area contributed by atoms with E-state index in [4.69, 9.17) is 0 Å². The molecule has 5 heteroatoms. The second-order valence-corrected chi connectivity index (χ2v) is 3.87. The van der Waals surface area contributed by atoms with Crippen LogP contribution >= 0.6 is 0 Å². The van der Waals surface area contributed by atoms with Gasteiger partial charge in [-0.3, -0.25) is 4.18 Å². The van der Waals surface area contributed by atoms with Gasteiger partial charge in [0, 0.05) is 0 Å². The maximum Gasteiger partial charge on any atom is 1.00 e. The van der Waals surface area contributed by atoms with Crippen LogP contribution < -0.4 is 29.6 Å². The Kier molecular flexibility index (Phi) is 10.4. The summed E-state index contributed by atoms with van der Waals surface area (Å²) in [5.74, 6) is -0.100. The van der Waals surface area contributed by atoms with E-state index in [9.17, 15) is 8.42 Å². The quantitative estimate of drug-likeness (QED) is 0.226. The molecular formula is C7H15NaO3S. The molecule has 0 saturated heterocycles. The minimum absolute atomic E-state index is 0. The Morgan fingerprint density at radius 3 is 2.58 bits per heavy atom. The van der Waals surface area contributed by atoms with Gasteiger partial charge in [-0.2, -0.15) is 8.42 Å². The molecule has 68 valence electrons. The van der Waals surface area contributed by atoms with Crippen molar-refractivity contribution in [2.24, 2.45) is 0 Å². The molecule has 0 aromatic carbocycles. The van der Waals surface area contributed by atoms with Crippen LogP contribution in [0.15, 0.2) is 12.7 Å². The van der Waals surface area contributed by atoms with Crippen molar-refractivity contribution in [2.45, 2.75) is 19.8 Å². The molecule has 12 heavy (non-hydrogen) atoms. The molecule has 0 aromatic rings. The minimum Gasteiger partial charge on any atom is -1.00 e. The normalized spacial score (nSPS) is 10.4. The molecule has 0 aliphatic heterocycles. The van der Waals surface area contributed by atoms with E-state index in [2.05, 4.69) is 10.8 Å². The third kappa shape index (κ3) is 8.74. The predicted molar refractivity (Wildman–Crippen MR) is 46.0 cm³/mol. The van der Waals surface area contributed by atoms with Gasteiger partial charge in [0.25, 0.3) is 10.1 Å². The summed E-state index contributed by atoms with van der Waals surface area (Å²) in [4.78, 5) is 0. The van der Waals surface area contributed by atoms with Crippen LogP contribution in [0.5, 0.6) is 0 Å². The van der Waals surface area contributed by atoms with E-state index < -0.39 is 10.1 Å². The first-order valence-electron chi connectivity index (χ1n) is 3.60. The third-order valence-corrected chi connectivity index (χ3v) is 2.25. The van der Waals surface area contributed by atoms with Gasteiger partial charge in [-0.05, 0) is 6.42 Å². The van der Waals surface area contributed by atoms with E-state index in [0.717, 1.165) is 12.8 Å². The molecule has 3 nitrogen and oxygen atoms in total. The van der Waals surface area contributed by atoms with Gasteiger partial charge in [-0.25, -0.2) is 0 Å². The van der Waals surface area contributed by atoms with Crippen LogP contribution in [0.4, 0.5) is 0 Å². The fraction of sp³-hybridized carbons (Fsp3) is 0.714. The van der Waals surface area contributed by atoms with E-state index >= 15 is 0 Å². The molecule has 0 atom stereocenters. The summed E-state index contributed by atoms with van der Waals surface area (Å²) in [6.45, 7) is 5.58. The van der Waals surface area contributed by atoms with Gasteiger partial charge >= 0.3 is 29.6 Å². The molecule has 0 aliphatic rings. The van der Waals surface area contributed by atoms with Crippen LogP contribution in [-0.4, -0.2) is 20.8 Å². The van der Waals surface area contributed by atoms with Crippen molar-refractivity contribution in [3.05, 3.63) is 12.7 Å². The van der Waals surface area contributed by atoms with E-state index in [-0.39, 0.29) is 43.3 Å². The van der Waals surface area contributed by atoms with Gasteiger partial charge in [0.05, 0.1) is 12.4 Å². The van der Waals surface area contributed by atoms with Crippen molar-refractivity contribution in [2.75, 3.05) is 12.4 Å². The largest absolute Gasteiger partial charge is 1.00 e. The fourth-order valence-corrected chi connectivity index (χ4v) is 1.28. The Hall–Kier alpha value is 0.650. The van der Waals surface area contributed by atoms with Crippen molar-refractivity contribution in [3.8, 4) is 0 Å². The van der Waals surface area contributed by atoms with E-state index in [1.54, 1.807) is 0 Å². The van der Waals surface area contributed by atoms with Gasteiger partial charge in [0.2, 0.25) is 0 Å². The molecule has 0 aliphatic carbocycles. The fourth-order valence-electron chi connectivity index (χ4n) is 0.523. The Labute approximate surface area is 98.1 Å². The topological polar surface area (TPSA) is 43.4 Å². The summed E-state index contributed by atoms with van der Waals surface area (Å²) < 4.78 is 26.2. The summed E-state index contributed by atoms with van der Waals surface area (Å²) in [6, 6.07) is 0. The van der Waals surface area contributed by atoms with Crippen molar-refractivity contribution < 1.29 is 43.6 Å². The van der Waals surface area contributed by atoms with E-state index in [1.807, 2.05) is 6.92 Å². The molecule has 0 unspecified atom stereocenters. The first-order chi connectivity index (χ1) is 5.12. The Balaban J connectivity index is -0.000000500. The molecule has 0 spiro atoms. The minimum atomic E-state index is -3.32. The van der Waals surface area contributed by atoms with Crippen LogP contribution in [0.25, 0.3) is 0 Å². The van der Waals surface area contributed by atoms with Crippen LogP contribution in [0.2, 0.25) is 0 Å². The first-order valence-corrected chi connectivity index (χ1v) is 5.18. The summed E-state index contributed by atoms with van der Waals surface area (Å²) >= 11 is 0. The van der Waals surface area contributed by atoms with Crippen molar-refractivity contribution in [1.29, 1.82) is 0 Å². The number of unbranched alkanes of at least 4 members (excludes halogenated alkanes) is 1. The summed E-state index contributed by atoms with van der Waals surface area (Å²) in [5, 5.41) is 0. The number of hydrogen-bond donors (Lipinski definition) is 0. The first kappa shape index (κ1) is 15.1.